The number of rotatable bonds is 1. The van der Waals surface area contributed by atoms with Crippen molar-refractivity contribution in [1.29, 1.82) is 0 Å². The molecule has 0 amide bonds. The number of nitrogens with two attached hydrogens (primary N) is 1. The molecule has 0 fully saturated rings. The third kappa shape index (κ3) is 2.12. The Morgan fingerprint density at radius 1 is 1.25 bits per heavy atom. The van der Waals surface area contributed by atoms with Crippen LogP contribution in [-0.4, -0.2) is 15.0 Å². The lowest BCUT2D eigenvalue weighted by Gasteiger charge is -2.05. The first-order chi connectivity index (χ1) is 5.39. The van der Waals surface area contributed by atoms with Gasteiger partial charge in [0.2, 0.25) is 17.1 Å². The fourth-order valence-corrected chi connectivity index (χ4v) is 0.743. The van der Waals surface area contributed by atoms with E-state index < -0.39 is 22.4 Å². The molecule has 0 aliphatic rings. The molecule has 2 N–H and O–H groups in total. The Kier molecular flexibility index (Phi) is 2.29. The minimum Gasteiger partial charge on any atom is -0.368 e. The van der Waals surface area contributed by atoms with Gasteiger partial charge in [0, 0.05) is 0 Å². The van der Waals surface area contributed by atoms with E-state index in [0.717, 1.165) is 0 Å². The molecule has 4 nitrogen and oxygen atoms in total. The number of aromatic nitrogens is 3. The van der Waals surface area contributed by atoms with E-state index in [-0.39, 0.29) is 0 Å². The van der Waals surface area contributed by atoms with Gasteiger partial charge in [-0.3, -0.25) is 0 Å². The van der Waals surface area contributed by atoms with Crippen LogP contribution in [0.4, 0.5) is 14.7 Å². The molecule has 8 heteroatoms. The van der Waals surface area contributed by atoms with Crippen LogP contribution in [-0.2, 0) is 5.38 Å². The summed E-state index contributed by atoms with van der Waals surface area (Å²) in [5.74, 6) is -1.35. The van der Waals surface area contributed by atoms with Crippen molar-refractivity contribution in [1.82, 2.24) is 15.0 Å². The minimum atomic E-state index is -3.68. The molecule has 0 atom stereocenters. The molecule has 1 aromatic heterocycles. The number of alkyl halides is 3. The van der Waals surface area contributed by atoms with Crippen molar-refractivity contribution in [2.24, 2.45) is 0 Å². The second-order valence-corrected chi connectivity index (χ2v) is 2.60. The second-order valence-electron chi connectivity index (χ2n) is 1.78. The molecule has 0 radical (unpaired) electrons. The maximum Gasteiger partial charge on any atom is 0.381 e. The molecule has 0 bridgehead atoms. The van der Waals surface area contributed by atoms with Crippen molar-refractivity contribution >= 4 is 29.2 Å². The van der Waals surface area contributed by atoms with Gasteiger partial charge in [0.1, 0.15) is 0 Å². The largest absolute Gasteiger partial charge is 0.381 e. The summed E-state index contributed by atoms with van der Waals surface area (Å²) < 4.78 is 24.6. The first-order valence-corrected chi connectivity index (χ1v) is 3.39. The predicted molar refractivity (Wildman–Crippen MR) is 39.0 cm³/mol. The lowest BCUT2D eigenvalue weighted by molar-refractivity contribution is 0.0843. The number of hydrogen-bond acceptors (Lipinski definition) is 4. The fraction of sp³-hybridized carbons (Fsp3) is 0.250. The first kappa shape index (κ1) is 9.34. The zero-order chi connectivity index (χ0) is 9.35. The summed E-state index contributed by atoms with van der Waals surface area (Å²) in [5, 5.41) is -4.10. The van der Waals surface area contributed by atoms with E-state index in [1.54, 1.807) is 0 Å². The monoisotopic (exact) mass is 214 g/mol. The van der Waals surface area contributed by atoms with Crippen LogP contribution in [0.1, 0.15) is 5.82 Å². The molecule has 0 unspecified atom stereocenters. The predicted octanol–water partition coefficient (Wildman–Crippen LogP) is 1.40. The average molecular weight is 215 g/mol. The van der Waals surface area contributed by atoms with Gasteiger partial charge in [0.05, 0.1) is 0 Å². The Hall–Kier alpha value is -0.750. The quantitative estimate of drug-likeness (QED) is 0.719. The molecule has 0 aliphatic carbocycles. The van der Waals surface area contributed by atoms with Gasteiger partial charge >= 0.3 is 5.38 Å². The van der Waals surface area contributed by atoms with Crippen LogP contribution in [0.3, 0.4) is 0 Å². The molecular formula is C4H2Cl2F2N4. The van der Waals surface area contributed by atoms with Crippen LogP contribution >= 0.6 is 23.2 Å². The molecule has 0 aromatic carbocycles. The van der Waals surface area contributed by atoms with Gasteiger partial charge in [0.25, 0.3) is 0 Å². The lowest BCUT2D eigenvalue weighted by atomic mass is 10.6. The number of hydrogen-bond donors (Lipinski definition) is 1. The average Bonchev–Trinajstić information content (AvgIpc) is 1.82. The highest BCUT2D eigenvalue weighted by Crippen LogP contribution is 2.29. The highest BCUT2D eigenvalue weighted by atomic mass is 35.5. The number of nitrogen functional groups attached to an aromatic ring is 1. The smallest absolute Gasteiger partial charge is 0.368 e. The van der Waals surface area contributed by atoms with Crippen molar-refractivity contribution in [3.63, 3.8) is 0 Å². The Labute approximate surface area is 75.7 Å². The highest BCUT2D eigenvalue weighted by Gasteiger charge is 2.32. The van der Waals surface area contributed by atoms with Crippen molar-refractivity contribution in [3.05, 3.63) is 11.1 Å². The van der Waals surface area contributed by atoms with Crippen LogP contribution in [0.15, 0.2) is 0 Å². The Morgan fingerprint density at radius 3 is 2.25 bits per heavy atom. The Balaban J connectivity index is 3.18. The number of halogens is 4. The summed E-state index contributed by atoms with van der Waals surface area (Å²) in [5.41, 5.74) is 5.02. The van der Waals surface area contributed by atoms with Gasteiger partial charge in [-0.1, -0.05) is 0 Å². The summed E-state index contributed by atoms with van der Waals surface area (Å²) in [6.45, 7) is 0. The molecule has 1 aromatic rings. The van der Waals surface area contributed by atoms with E-state index in [1.165, 1.54) is 0 Å². The third-order valence-corrected chi connectivity index (χ3v) is 1.22. The zero-order valence-electron chi connectivity index (χ0n) is 5.43. The molecule has 12 heavy (non-hydrogen) atoms. The van der Waals surface area contributed by atoms with Crippen molar-refractivity contribution in [3.8, 4) is 0 Å². The van der Waals surface area contributed by atoms with E-state index in [4.69, 9.17) is 17.3 Å². The molecule has 66 valence electrons. The first-order valence-electron chi connectivity index (χ1n) is 2.64. The Bertz CT molecular complexity index is 279. The van der Waals surface area contributed by atoms with Crippen LogP contribution < -0.4 is 5.73 Å². The molecule has 0 saturated carbocycles. The van der Waals surface area contributed by atoms with Gasteiger partial charge in [-0.2, -0.15) is 23.7 Å². The van der Waals surface area contributed by atoms with Crippen molar-refractivity contribution in [2.45, 2.75) is 5.38 Å². The summed E-state index contributed by atoms with van der Waals surface area (Å²) in [7, 11) is 0. The van der Waals surface area contributed by atoms with Crippen LogP contribution in [0.2, 0.25) is 5.28 Å². The maximum absolute atomic E-state index is 12.3. The zero-order valence-corrected chi connectivity index (χ0v) is 6.94. The minimum absolute atomic E-state index is 0.398. The van der Waals surface area contributed by atoms with E-state index in [1.807, 2.05) is 0 Å². The number of anilines is 1. The highest BCUT2D eigenvalue weighted by molar-refractivity contribution is 6.28. The van der Waals surface area contributed by atoms with Gasteiger partial charge in [-0.15, -0.1) is 0 Å². The van der Waals surface area contributed by atoms with E-state index in [0.29, 0.717) is 0 Å². The van der Waals surface area contributed by atoms with Crippen molar-refractivity contribution in [2.75, 3.05) is 5.73 Å². The molecule has 1 rings (SSSR count). The van der Waals surface area contributed by atoms with E-state index in [2.05, 4.69) is 26.6 Å². The summed E-state index contributed by atoms with van der Waals surface area (Å²) >= 11 is 9.82. The second kappa shape index (κ2) is 2.95. The van der Waals surface area contributed by atoms with E-state index in [9.17, 15) is 8.78 Å². The summed E-state index contributed by atoms with van der Waals surface area (Å²) in [6, 6.07) is 0. The molecule has 0 saturated heterocycles. The molecule has 0 spiro atoms. The van der Waals surface area contributed by atoms with Crippen LogP contribution in [0.5, 0.6) is 0 Å². The van der Waals surface area contributed by atoms with E-state index >= 15 is 0 Å². The summed E-state index contributed by atoms with van der Waals surface area (Å²) in [4.78, 5) is 9.46. The van der Waals surface area contributed by atoms with Crippen LogP contribution in [0.25, 0.3) is 0 Å². The standard InChI is InChI=1S/C4H2Cl2F2N4/c5-2-10-1(4(6,7)8)11-3(9)12-2/h(H2,9,10,11,12). The van der Waals surface area contributed by atoms with Gasteiger partial charge in [0.15, 0.2) is 0 Å². The van der Waals surface area contributed by atoms with Crippen molar-refractivity contribution < 1.29 is 8.78 Å². The fourth-order valence-electron chi connectivity index (χ4n) is 0.492. The normalized spacial score (nSPS) is 11.7. The maximum atomic E-state index is 12.3. The van der Waals surface area contributed by atoms with Gasteiger partial charge in [-0.05, 0) is 23.2 Å². The SMILES string of the molecule is Nc1nc(Cl)nc(C(F)(F)Cl)n1. The molecular weight excluding hydrogens is 213 g/mol. The number of nitrogens with zero attached hydrogens (tertiary/aromatic N) is 3. The molecule has 0 aliphatic heterocycles. The topological polar surface area (TPSA) is 64.7 Å². The lowest BCUT2D eigenvalue weighted by Crippen LogP contribution is -2.12. The summed E-state index contributed by atoms with van der Waals surface area (Å²) in [6.07, 6.45) is 0. The van der Waals surface area contributed by atoms with Gasteiger partial charge in [-0.25, -0.2) is 0 Å². The van der Waals surface area contributed by atoms with Crippen LogP contribution in [0, 0.1) is 0 Å². The third-order valence-electron chi connectivity index (χ3n) is 0.879. The Morgan fingerprint density at radius 2 is 1.83 bits per heavy atom. The molecule has 1 heterocycles. The van der Waals surface area contributed by atoms with Gasteiger partial charge < -0.3 is 5.73 Å².